The van der Waals surface area contributed by atoms with Gasteiger partial charge in [0.1, 0.15) is 0 Å². The molecule has 14 rings (SSSR count). The SMILES string of the molecule is Cc1c(-c2ccc3c(c2)[Se](=O)(=O)c2ccccc2-3)c(C)[n+]2n1-c1cccc3c1C21c2c(ccc4c5ccccc5n-3c24)-n2c3ccccc3c3ccc[n+]1c32. The Balaban J connectivity index is 1.19. The molecule has 0 bridgehead atoms. The third-order valence-electron chi connectivity index (χ3n) is 13.1. The summed E-state index contributed by atoms with van der Waals surface area (Å²) in [5.41, 5.74) is 15.6. The number of nitrogens with zero attached hydrogens (tertiary/aromatic N) is 5. The molecule has 0 saturated carbocycles. The number of para-hydroxylation sites is 2. The summed E-state index contributed by atoms with van der Waals surface area (Å²) in [6.07, 6.45) is 2.27. The average molecular weight is 775 g/mol. The quantitative estimate of drug-likeness (QED) is 0.131. The van der Waals surface area contributed by atoms with E-state index in [1.807, 2.05) is 30.3 Å². The third-order valence-corrected chi connectivity index (χ3v) is 17.0. The van der Waals surface area contributed by atoms with E-state index in [1.165, 1.54) is 60.6 Å². The van der Waals surface area contributed by atoms with Crippen molar-refractivity contribution in [3.8, 4) is 39.3 Å². The van der Waals surface area contributed by atoms with Crippen LogP contribution in [-0.2, 0) is 13.3 Å². The van der Waals surface area contributed by atoms with Crippen molar-refractivity contribution in [1.82, 2.24) is 13.8 Å². The molecule has 4 aromatic heterocycles. The van der Waals surface area contributed by atoms with Crippen LogP contribution in [0.3, 0.4) is 0 Å². The predicted molar refractivity (Wildman–Crippen MR) is 213 cm³/mol. The predicted octanol–water partition coefficient (Wildman–Crippen LogP) is 7.17. The molecule has 55 heavy (non-hydrogen) atoms. The summed E-state index contributed by atoms with van der Waals surface area (Å²) in [7, 11) is 0. The zero-order chi connectivity index (χ0) is 36.3. The summed E-state index contributed by atoms with van der Waals surface area (Å²) in [5.74, 6) is 0. The number of rotatable bonds is 1. The molecule has 6 aromatic carbocycles. The van der Waals surface area contributed by atoms with E-state index in [1.54, 1.807) is 6.07 Å². The van der Waals surface area contributed by atoms with Crippen LogP contribution in [0.25, 0.3) is 83.1 Å². The van der Waals surface area contributed by atoms with Crippen LogP contribution in [-0.4, -0.2) is 26.5 Å². The van der Waals surface area contributed by atoms with Crippen molar-refractivity contribution in [1.29, 1.82) is 0 Å². The molecule has 1 unspecified atom stereocenters. The molecule has 0 N–H and O–H groups in total. The van der Waals surface area contributed by atoms with Gasteiger partial charge in [-0.15, -0.1) is 0 Å². The molecule has 0 fully saturated rings. The minimum absolute atomic E-state index is 0.446. The summed E-state index contributed by atoms with van der Waals surface area (Å²) in [4.78, 5) is 0. The molecule has 4 aliphatic rings. The summed E-state index contributed by atoms with van der Waals surface area (Å²) < 4.78 is 41.5. The summed E-state index contributed by atoms with van der Waals surface area (Å²) in [6.45, 7) is 4.41. The molecule has 0 radical (unpaired) electrons. The Morgan fingerprint density at radius 1 is 0.582 bits per heavy atom. The first-order valence-corrected chi connectivity index (χ1v) is 21.8. The molecule has 0 aliphatic carbocycles. The maximum absolute atomic E-state index is 14.1. The molecule has 0 saturated heterocycles. The van der Waals surface area contributed by atoms with Gasteiger partial charge < -0.3 is 0 Å². The molecule has 8 heterocycles. The van der Waals surface area contributed by atoms with Gasteiger partial charge in [-0.1, -0.05) is 24.3 Å². The van der Waals surface area contributed by atoms with E-state index in [-0.39, 0.29) is 0 Å². The summed E-state index contributed by atoms with van der Waals surface area (Å²) >= 11 is -4.60. The van der Waals surface area contributed by atoms with Crippen LogP contribution in [0.15, 0.2) is 140 Å². The molecular weight excluding hydrogens is 746 g/mol. The number of hydrogen-bond acceptors (Lipinski definition) is 2. The van der Waals surface area contributed by atoms with E-state index < -0.39 is 18.4 Å². The number of pyridine rings is 1. The summed E-state index contributed by atoms with van der Waals surface area (Å²) in [5, 5.41) is 4.88. The second kappa shape index (κ2) is 9.01. The topological polar surface area (TPSA) is 56.7 Å². The fraction of sp³-hybridized carbons (Fsp3) is 0.0638. The van der Waals surface area contributed by atoms with Gasteiger partial charge in [0.2, 0.25) is 0 Å². The third kappa shape index (κ3) is 2.87. The zero-order valence-electron chi connectivity index (χ0n) is 29.7. The number of benzene rings is 6. The number of aromatic nitrogens is 5. The van der Waals surface area contributed by atoms with Gasteiger partial charge in [0.25, 0.3) is 0 Å². The number of fused-ring (bicyclic) bond motifs is 13. The van der Waals surface area contributed by atoms with Gasteiger partial charge in [0.05, 0.1) is 0 Å². The van der Waals surface area contributed by atoms with Crippen molar-refractivity contribution in [2.75, 3.05) is 0 Å². The Morgan fingerprint density at radius 3 is 2.13 bits per heavy atom. The minimum atomic E-state index is -4.60. The second-order valence-electron chi connectivity index (χ2n) is 15.4. The van der Waals surface area contributed by atoms with Crippen molar-refractivity contribution in [2.45, 2.75) is 19.5 Å². The standard InChI is InChI=1S/C47H29N5O2Se/c1-26-42(28-20-21-32-31-13-5-8-19-40(31)55(53,54)41(32)25-28)27(2)52-47-43-37(17-9-18-39(43)51(26)52)49-35-15-6-3-11-29(35)33-22-23-38(44(47)45(33)49)50-36-16-7-4-12-30(36)34-14-10-24-48(47)46(34)50/h3-25H,1-2H3/q+2. The Labute approximate surface area is 315 Å². The van der Waals surface area contributed by atoms with E-state index in [4.69, 9.17) is 0 Å². The van der Waals surface area contributed by atoms with Gasteiger partial charge in [-0.2, -0.15) is 0 Å². The molecule has 1 atom stereocenters. The average Bonchev–Trinajstić information content (AvgIpc) is 3.96. The van der Waals surface area contributed by atoms with Crippen LogP contribution >= 0.6 is 0 Å². The van der Waals surface area contributed by atoms with E-state index >= 15 is 0 Å². The van der Waals surface area contributed by atoms with E-state index in [0.717, 1.165) is 45.0 Å². The molecule has 258 valence electrons. The van der Waals surface area contributed by atoms with Gasteiger partial charge in [0.15, 0.2) is 0 Å². The van der Waals surface area contributed by atoms with Crippen LogP contribution < -0.4 is 18.2 Å². The van der Waals surface area contributed by atoms with Crippen LogP contribution in [0.2, 0.25) is 0 Å². The second-order valence-corrected chi connectivity index (χ2v) is 19.4. The zero-order valence-corrected chi connectivity index (χ0v) is 31.5. The molecule has 1 spiro atoms. The van der Waals surface area contributed by atoms with Gasteiger partial charge in [-0.05, 0) is 0 Å². The fourth-order valence-corrected chi connectivity index (χ4v) is 14.8. The van der Waals surface area contributed by atoms with Crippen molar-refractivity contribution < 1.29 is 16.9 Å². The van der Waals surface area contributed by atoms with Crippen LogP contribution in [0.1, 0.15) is 22.5 Å². The Morgan fingerprint density at radius 2 is 1.27 bits per heavy atom. The van der Waals surface area contributed by atoms with Gasteiger partial charge >= 0.3 is 293 Å². The molecule has 7 nitrogen and oxygen atoms in total. The molecular formula is C47H29N5O2Se+2. The molecule has 0 amide bonds. The monoisotopic (exact) mass is 775 g/mol. The van der Waals surface area contributed by atoms with Crippen LogP contribution in [0.5, 0.6) is 0 Å². The maximum atomic E-state index is 14.1. The van der Waals surface area contributed by atoms with E-state index in [2.05, 4.69) is 140 Å². The van der Waals surface area contributed by atoms with Crippen molar-refractivity contribution in [2.24, 2.45) is 0 Å². The first-order chi connectivity index (χ1) is 26.9. The van der Waals surface area contributed by atoms with Crippen LogP contribution in [0.4, 0.5) is 0 Å². The van der Waals surface area contributed by atoms with Gasteiger partial charge in [-0.25, -0.2) is 0 Å². The number of hydrogen-bond donors (Lipinski definition) is 0. The van der Waals surface area contributed by atoms with Crippen molar-refractivity contribution in [3.63, 3.8) is 0 Å². The first-order valence-electron chi connectivity index (χ1n) is 18.7. The summed E-state index contributed by atoms with van der Waals surface area (Å²) in [6, 6.07) is 46.9. The van der Waals surface area contributed by atoms with E-state index in [0.29, 0.717) is 8.92 Å². The van der Waals surface area contributed by atoms with Gasteiger partial charge in [-0.3, -0.25) is 0 Å². The van der Waals surface area contributed by atoms with E-state index in [9.17, 15) is 7.67 Å². The van der Waals surface area contributed by atoms with Gasteiger partial charge in [0, 0.05) is 0 Å². The normalized spacial score (nSPS) is 17.3. The molecule has 10 aromatic rings. The first kappa shape index (κ1) is 28.8. The molecule has 4 aliphatic heterocycles. The Bertz CT molecular complexity index is 3660. The van der Waals surface area contributed by atoms with Crippen molar-refractivity contribution in [3.05, 3.63) is 162 Å². The van der Waals surface area contributed by atoms with Crippen LogP contribution in [0, 0.1) is 13.8 Å². The Hall–Kier alpha value is -6.60. The van der Waals surface area contributed by atoms with Crippen molar-refractivity contribution >= 4 is 65.4 Å². The fourth-order valence-electron chi connectivity index (χ4n) is 11.2. The molecule has 8 heteroatoms. The Kier molecular flexibility index (Phi) is 4.73.